The third-order valence-corrected chi connectivity index (χ3v) is 4.16. The number of hydrogen-bond donors (Lipinski definition) is 2. The van der Waals surface area contributed by atoms with E-state index in [0.717, 1.165) is 0 Å². The first-order valence-electron chi connectivity index (χ1n) is 5.21. The molecule has 0 heterocycles. The lowest BCUT2D eigenvalue weighted by molar-refractivity contribution is -0.140. The standard InChI is InChI=1S/C11H18O3/c1-10(2,3)11(14)4-6-7(5-11)8(6)9(12)13/h6-8,14H,4-5H2,1-3H3,(H,12,13)/t6-,7+,8?,11?. The molecule has 2 rings (SSSR count). The van der Waals surface area contributed by atoms with Crippen LogP contribution < -0.4 is 0 Å². The second kappa shape index (κ2) is 2.51. The summed E-state index contributed by atoms with van der Waals surface area (Å²) < 4.78 is 0. The van der Waals surface area contributed by atoms with Gasteiger partial charge in [-0.25, -0.2) is 0 Å². The van der Waals surface area contributed by atoms with E-state index in [9.17, 15) is 9.90 Å². The highest BCUT2D eigenvalue weighted by Gasteiger charge is 2.66. The minimum atomic E-state index is -0.684. The largest absolute Gasteiger partial charge is 0.481 e. The number of hydrogen-bond acceptors (Lipinski definition) is 2. The van der Waals surface area contributed by atoms with Crippen LogP contribution in [0.15, 0.2) is 0 Å². The molecule has 0 bridgehead atoms. The van der Waals surface area contributed by atoms with Crippen molar-refractivity contribution in [1.82, 2.24) is 0 Å². The van der Waals surface area contributed by atoms with Gasteiger partial charge in [0.15, 0.2) is 0 Å². The van der Waals surface area contributed by atoms with Crippen LogP contribution in [-0.4, -0.2) is 21.8 Å². The summed E-state index contributed by atoms with van der Waals surface area (Å²) in [5.41, 5.74) is -0.780. The first-order chi connectivity index (χ1) is 6.26. The van der Waals surface area contributed by atoms with Gasteiger partial charge in [0.1, 0.15) is 0 Å². The minimum absolute atomic E-state index is 0.135. The Morgan fingerprint density at radius 2 is 1.71 bits per heavy atom. The third kappa shape index (κ3) is 1.18. The van der Waals surface area contributed by atoms with Crippen molar-refractivity contribution in [3.8, 4) is 0 Å². The molecule has 2 saturated carbocycles. The van der Waals surface area contributed by atoms with Crippen molar-refractivity contribution in [2.24, 2.45) is 23.2 Å². The fourth-order valence-corrected chi connectivity index (χ4v) is 2.84. The maximum absolute atomic E-state index is 10.8. The van der Waals surface area contributed by atoms with Gasteiger partial charge in [-0.15, -0.1) is 0 Å². The lowest BCUT2D eigenvalue weighted by Gasteiger charge is -2.38. The van der Waals surface area contributed by atoms with Crippen LogP contribution in [0, 0.1) is 23.2 Å². The highest BCUT2D eigenvalue weighted by Crippen LogP contribution is 2.64. The van der Waals surface area contributed by atoms with E-state index in [0.29, 0.717) is 12.8 Å². The van der Waals surface area contributed by atoms with Crippen molar-refractivity contribution in [1.29, 1.82) is 0 Å². The Bertz CT molecular complexity index is 265. The van der Waals surface area contributed by atoms with E-state index in [1.807, 2.05) is 20.8 Å². The molecule has 2 unspecified atom stereocenters. The normalized spacial score (nSPS) is 46.1. The Hall–Kier alpha value is -0.570. The van der Waals surface area contributed by atoms with E-state index in [-0.39, 0.29) is 23.2 Å². The SMILES string of the molecule is CC(C)(C)C1(O)C[C@@H]2C(C(=O)O)[C@@H]2C1. The molecule has 0 aromatic rings. The zero-order valence-electron chi connectivity index (χ0n) is 8.95. The summed E-state index contributed by atoms with van der Waals surface area (Å²) in [4.78, 5) is 10.8. The van der Waals surface area contributed by atoms with Gasteiger partial charge >= 0.3 is 5.97 Å². The van der Waals surface area contributed by atoms with Gasteiger partial charge in [0, 0.05) is 0 Å². The van der Waals surface area contributed by atoms with Crippen molar-refractivity contribution in [2.75, 3.05) is 0 Å². The highest BCUT2D eigenvalue weighted by atomic mass is 16.4. The maximum atomic E-state index is 10.8. The fourth-order valence-electron chi connectivity index (χ4n) is 2.84. The molecule has 14 heavy (non-hydrogen) atoms. The summed E-state index contributed by atoms with van der Waals surface area (Å²) >= 11 is 0. The van der Waals surface area contributed by atoms with Crippen LogP contribution in [-0.2, 0) is 4.79 Å². The molecular weight excluding hydrogens is 180 g/mol. The number of fused-ring (bicyclic) bond motifs is 1. The number of carbonyl (C=O) groups is 1. The van der Waals surface area contributed by atoms with E-state index in [1.54, 1.807) is 0 Å². The monoisotopic (exact) mass is 198 g/mol. The smallest absolute Gasteiger partial charge is 0.307 e. The molecule has 0 amide bonds. The predicted molar refractivity (Wildman–Crippen MR) is 51.7 cm³/mol. The van der Waals surface area contributed by atoms with E-state index in [1.165, 1.54) is 0 Å². The van der Waals surface area contributed by atoms with Gasteiger partial charge in [0.05, 0.1) is 11.5 Å². The minimum Gasteiger partial charge on any atom is -0.481 e. The van der Waals surface area contributed by atoms with Gasteiger partial charge in [0.2, 0.25) is 0 Å². The highest BCUT2D eigenvalue weighted by molar-refractivity contribution is 5.74. The van der Waals surface area contributed by atoms with E-state index in [2.05, 4.69) is 0 Å². The Labute approximate surface area is 84.1 Å². The lowest BCUT2D eigenvalue weighted by atomic mass is 9.73. The molecule has 80 valence electrons. The summed E-state index contributed by atoms with van der Waals surface area (Å²) in [5.74, 6) is -0.387. The molecule has 2 aliphatic carbocycles. The second-order valence-electron chi connectivity index (χ2n) is 5.88. The summed E-state index contributed by atoms with van der Waals surface area (Å²) in [6.45, 7) is 6.06. The van der Waals surface area contributed by atoms with E-state index < -0.39 is 11.6 Å². The second-order valence-corrected chi connectivity index (χ2v) is 5.88. The molecule has 0 aromatic carbocycles. The summed E-state index contributed by atoms with van der Waals surface area (Å²) in [6.07, 6.45) is 1.33. The molecule has 2 N–H and O–H groups in total. The van der Waals surface area contributed by atoms with Crippen LogP contribution in [0.1, 0.15) is 33.6 Å². The Kier molecular flexibility index (Phi) is 1.79. The molecule has 2 fully saturated rings. The molecule has 0 radical (unpaired) electrons. The summed E-state index contributed by atoms with van der Waals surface area (Å²) in [5, 5.41) is 19.2. The number of rotatable bonds is 1. The average Bonchev–Trinajstić information content (AvgIpc) is 2.49. The Morgan fingerprint density at radius 3 is 2.00 bits per heavy atom. The number of carboxylic acid groups (broad SMARTS) is 1. The first kappa shape index (κ1) is 9.97. The average molecular weight is 198 g/mol. The number of aliphatic carboxylic acids is 1. The quantitative estimate of drug-likeness (QED) is 0.671. The van der Waals surface area contributed by atoms with Crippen LogP contribution in [0.5, 0.6) is 0 Å². The van der Waals surface area contributed by atoms with Crippen molar-refractivity contribution in [3.05, 3.63) is 0 Å². The Morgan fingerprint density at radius 1 is 1.29 bits per heavy atom. The van der Waals surface area contributed by atoms with E-state index >= 15 is 0 Å². The van der Waals surface area contributed by atoms with Crippen LogP contribution in [0.4, 0.5) is 0 Å². The molecule has 0 spiro atoms. The third-order valence-electron chi connectivity index (χ3n) is 4.16. The summed E-state index contributed by atoms with van der Waals surface area (Å²) in [6, 6.07) is 0. The van der Waals surface area contributed by atoms with Gasteiger partial charge < -0.3 is 10.2 Å². The number of aliphatic hydroxyl groups is 1. The van der Waals surface area contributed by atoms with Crippen LogP contribution in [0.2, 0.25) is 0 Å². The predicted octanol–water partition coefficient (Wildman–Crippen LogP) is 1.50. The molecule has 3 nitrogen and oxygen atoms in total. The molecule has 0 saturated heterocycles. The maximum Gasteiger partial charge on any atom is 0.307 e. The molecule has 2 aliphatic rings. The van der Waals surface area contributed by atoms with Gasteiger partial charge in [-0.2, -0.15) is 0 Å². The van der Waals surface area contributed by atoms with Crippen molar-refractivity contribution in [3.63, 3.8) is 0 Å². The molecule has 3 heteroatoms. The van der Waals surface area contributed by atoms with Crippen LogP contribution in [0.3, 0.4) is 0 Å². The van der Waals surface area contributed by atoms with Crippen molar-refractivity contribution in [2.45, 2.75) is 39.2 Å². The van der Waals surface area contributed by atoms with Crippen LogP contribution in [0.25, 0.3) is 0 Å². The zero-order chi connectivity index (χ0) is 10.7. The fraction of sp³-hybridized carbons (Fsp3) is 0.909. The van der Waals surface area contributed by atoms with Gasteiger partial charge in [-0.3, -0.25) is 4.79 Å². The summed E-state index contributed by atoms with van der Waals surface area (Å²) in [7, 11) is 0. The molecule has 4 atom stereocenters. The Balaban J connectivity index is 2.05. The van der Waals surface area contributed by atoms with Crippen LogP contribution >= 0.6 is 0 Å². The van der Waals surface area contributed by atoms with Crippen molar-refractivity contribution < 1.29 is 15.0 Å². The van der Waals surface area contributed by atoms with E-state index in [4.69, 9.17) is 5.11 Å². The lowest BCUT2D eigenvalue weighted by Crippen LogP contribution is -2.42. The molecular formula is C11H18O3. The topological polar surface area (TPSA) is 57.5 Å². The zero-order valence-corrected chi connectivity index (χ0v) is 8.95. The molecule has 0 aromatic heterocycles. The van der Waals surface area contributed by atoms with Crippen molar-refractivity contribution >= 4 is 5.97 Å². The van der Waals surface area contributed by atoms with Gasteiger partial charge in [0.25, 0.3) is 0 Å². The first-order valence-corrected chi connectivity index (χ1v) is 5.21. The van der Waals surface area contributed by atoms with Gasteiger partial charge in [-0.05, 0) is 30.1 Å². The molecule has 0 aliphatic heterocycles. The van der Waals surface area contributed by atoms with Gasteiger partial charge in [-0.1, -0.05) is 20.8 Å². The number of carboxylic acids is 1.